The van der Waals surface area contributed by atoms with Crippen molar-refractivity contribution < 1.29 is 9.47 Å². The molecule has 0 fully saturated rings. The molecule has 5 nitrogen and oxygen atoms in total. The lowest BCUT2D eigenvalue weighted by atomic mass is 10.0. The van der Waals surface area contributed by atoms with Gasteiger partial charge in [0.1, 0.15) is 22.7 Å². The first-order chi connectivity index (χ1) is 12.4. The summed E-state index contributed by atoms with van der Waals surface area (Å²) in [6.07, 6.45) is 0.960. The third-order valence-corrected chi connectivity index (χ3v) is 4.32. The number of benzene rings is 2. The Kier molecular flexibility index (Phi) is 4.98. The Morgan fingerprint density at radius 2 is 1.77 bits per heavy atom. The highest BCUT2D eigenvalue weighted by atomic mass is 16.5. The van der Waals surface area contributed by atoms with Crippen molar-refractivity contribution in [1.29, 1.82) is 0 Å². The van der Waals surface area contributed by atoms with E-state index in [2.05, 4.69) is 16.9 Å². The predicted molar refractivity (Wildman–Crippen MR) is 104 cm³/mol. The fourth-order valence-electron chi connectivity index (χ4n) is 3.19. The van der Waals surface area contributed by atoms with Crippen LogP contribution < -0.4 is 15.0 Å². The lowest BCUT2D eigenvalue weighted by Crippen LogP contribution is -2.11. The third kappa shape index (κ3) is 3.29. The molecule has 1 aromatic heterocycles. The molecule has 0 radical (unpaired) electrons. The fourth-order valence-corrected chi connectivity index (χ4v) is 3.19. The Labute approximate surface area is 153 Å². The molecule has 5 heteroatoms. The second-order valence-corrected chi connectivity index (χ2v) is 6.56. The summed E-state index contributed by atoms with van der Waals surface area (Å²) in [5.74, 6) is 1.98. The average molecular weight is 352 g/mol. The van der Waals surface area contributed by atoms with Gasteiger partial charge in [-0.1, -0.05) is 6.92 Å². The van der Waals surface area contributed by atoms with Crippen LogP contribution in [0.15, 0.2) is 29.1 Å². The van der Waals surface area contributed by atoms with Crippen molar-refractivity contribution in [3.63, 3.8) is 0 Å². The number of rotatable bonds is 5. The number of methoxy groups -OCH3 is 1. The first-order valence-corrected chi connectivity index (χ1v) is 8.77. The zero-order valence-corrected chi connectivity index (χ0v) is 15.9. The molecule has 0 aliphatic rings. The fraction of sp³-hybridized carbons (Fsp3) is 0.333. The van der Waals surface area contributed by atoms with E-state index in [0.717, 1.165) is 34.4 Å². The van der Waals surface area contributed by atoms with Crippen LogP contribution in [0.25, 0.3) is 22.3 Å². The van der Waals surface area contributed by atoms with Gasteiger partial charge in [-0.3, -0.25) is 4.79 Å². The maximum atomic E-state index is 12.6. The summed E-state index contributed by atoms with van der Waals surface area (Å²) < 4.78 is 11.2. The van der Waals surface area contributed by atoms with Gasteiger partial charge >= 0.3 is 0 Å². The molecule has 26 heavy (non-hydrogen) atoms. The summed E-state index contributed by atoms with van der Waals surface area (Å²) >= 11 is 0. The Hall–Kier alpha value is -2.82. The number of aromatic nitrogens is 2. The van der Waals surface area contributed by atoms with Crippen LogP contribution in [0, 0.1) is 20.8 Å². The largest absolute Gasteiger partial charge is 0.496 e. The quantitative estimate of drug-likeness (QED) is 0.743. The van der Waals surface area contributed by atoms with E-state index in [1.54, 1.807) is 7.11 Å². The van der Waals surface area contributed by atoms with Crippen molar-refractivity contribution in [2.75, 3.05) is 13.7 Å². The molecule has 1 heterocycles. The van der Waals surface area contributed by atoms with E-state index < -0.39 is 0 Å². The van der Waals surface area contributed by atoms with Crippen molar-refractivity contribution in [2.45, 2.75) is 34.1 Å². The molecule has 0 amide bonds. The van der Waals surface area contributed by atoms with E-state index >= 15 is 0 Å². The maximum absolute atomic E-state index is 12.6. The number of hydrogen-bond donors (Lipinski definition) is 1. The van der Waals surface area contributed by atoms with Crippen molar-refractivity contribution in [1.82, 2.24) is 9.97 Å². The van der Waals surface area contributed by atoms with Crippen LogP contribution in [-0.4, -0.2) is 23.7 Å². The number of nitrogens with zero attached hydrogens (tertiary/aromatic N) is 1. The number of H-pyrrole nitrogens is 1. The maximum Gasteiger partial charge on any atom is 0.262 e. The molecule has 0 atom stereocenters. The molecule has 0 unspecified atom stereocenters. The molecule has 136 valence electrons. The van der Waals surface area contributed by atoms with Gasteiger partial charge in [0, 0.05) is 5.56 Å². The van der Waals surface area contributed by atoms with Crippen molar-refractivity contribution in [3.05, 3.63) is 51.3 Å². The second-order valence-electron chi connectivity index (χ2n) is 6.56. The van der Waals surface area contributed by atoms with Crippen LogP contribution >= 0.6 is 0 Å². The van der Waals surface area contributed by atoms with E-state index in [1.807, 2.05) is 45.0 Å². The molecule has 0 saturated carbocycles. The molecular formula is C21H24N2O3. The minimum absolute atomic E-state index is 0.205. The Morgan fingerprint density at radius 1 is 1.08 bits per heavy atom. The van der Waals surface area contributed by atoms with Gasteiger partial charge in [-0.15, -0.1) is 0 Å². The van der Waals surface area contributed by atoms with Crippen molar-refractivity contribution in [2.24, 2.45) is 0 Å². The van der Waals surface area contributed by atoms with Crippen molar-refractivity contribution in [3.8, 4) is 22.9 Å². The van der Waals surface area contributed by atoms with Gasteiger partial charge in [-0.05, 0) is 68.1 Å². The van der Waals surface area contributed by atoms with E-state index in [-0.39, 0.29) is 5.56 Å². The summed E-state index contributed by atoms with van der Waals surface area (Å²) in [5, 5.41) is 0.471. The minimum Gasteiger partial charge on any atom is -0.496 e. The SMILES string of the molecule is CCCOc1c(C)cc(-c2nc3cc(C)cc(OC)c3c(=O)[nH]2)cc1C. The lowest BCUT2D eigenvalue weighted by Gasteiger charge is -2.14. The number of hydrogen-bond acceptors (Lipinski definition) is 4. The molecular weight excluding hydrogens is 328 g/mol. The van der Waals surface area contributed by atoms with Gasteiger partial charge in [0.25, 0.3) is 5.56 Å². The Bertz CT molecular complexity index is 999. The summed E-state index contributed by atoms with van der Waals surface area (Å²) in [7, 11) is 1.56. The number of ether oxygens (including phenoxy) is 2. The van der Waals surface area contributed by atoms with Crippen LogP contribution in [0.4, 0.5) is 0 Å². The normalized spacial score (nSPS) is 11.0. The molecule has 0 saturated heterocycles. The van der Waals surface area contributed by atoms with Crippen LogP contribution in [0.3, 0.4) is 0 Å². The molecule has 3 rings (SSSR count). The molecule has 0 aliphatic heterocycles. The van der Waals surface area contributed by atoms with Gasteiger partial charge in [0.15, 0.2) is 0 Å². The zero-order valence-electron chi connectivity index (χ0n) is 15.9. The summed E-state index contributed by atoms with van der Waals surface area (Å²) in [6.45, 7) is 8.74. The monoisotopic (exact) mass is 352 g/mol. The van der Waals surface area contributed by atoms with Gasteiger partial charge < -0.3 is 14.5 Å². The Balaban J connectivity index is 2.16. The highest BCUT2D eigenvalue weighted by molar-refractivity contribution is 5.86. The van der Waals surface area contributed by atoms with Gasteiger partial charge in [-0.2, -0.15) is 0 Å². The van der Waals surface area contributed by atoms with Gasteiger partial charge in [0.2, 0.25) is 0 Å². The third-order valence-electron chi connectivity index (χ3n) is 4.32. The lowest BCUT2D eigenvalue weighted by molar-refractivity contribution is 0.313. The topological polar surface area (TPSA) is 64.2 Å². The second kappa shape index (κ2) is 7.20. The first-order valence-electron chi connectivity index (χ1n) is 8.77. The smallest absolute Gasteiger partial charge is 0.262 e. The summed E-state index contributed by atoms with van der Waals surface area (Å²) in [5.41, 5.74) is 4.33. The number of nitrogens with one attached hydrogen (secondary N) is 1. The van der Waals surface area contributed by atoms with Crippen LogP contribution in [0.2, 0.25) is 0 Å². The highest BCUT2D eigenvalue weighted by Gasteiger charge is 2.14. The molecule has 0 spiro atoms. The van der Waals surface area contributed by atoms with E-state index in [4.69, 9.17) is 9.47 Å². The molecule has 1 N–H and O–H groups in total. The predicted octanol–water partition coefficient (Wildman–Crippen LogP) is 4.31. The average Bonchev–Trinajstić information content (AvgIpc) is 2.59. The number of aromatic amines is 1. The summed E-state index contributed by atoms with van der Waals surface area (Å²) in [6, 6.07) is 7.73. The molecule has 0 aliphatic carbocycles. The molecule has 2 aromatic carbocycles. The first kappa shape index (κ1) is 18.0. The van der Waals surface area contributed by atoms with E-state index in [9.17, 15) is 4.79 Å². The van der Waals surface area contributed by atoms with Crippen LogP contribution in [0.1, 0.15) is 30.0 Å². The highest BCUT2D eigenvalue weighted by Crippen LogP contribution is 2.30. The van der Waals surface area contributed by atoms with Crippen LogP contribution in [0.5, 0.6) is 11.5 Å². The minimum atomic E-state index is -0.205. The molecule has 0 bridgehead atoms. The van der Waals surface area contributed by atoms with Crippen molar-refractivity contribution >= 4 is 10.9 Å². The number of fused-ring (bicyclic) bond motifs is 1. The Morgan fingerprint density at radius 3 is 2.38 bits per heavy atom. The van der Waals surface area contributed by atoms with Crippen LogP contribution in [-0.2, 0) is 0 Å². The summed E-state index contributed by atoms with van der Waals surface area (Å²) in [4.78, 5) is 20.2. The zero-order chi connectivity index (χ0) is 18.8. The van der Waals surface area contributed by atoms with E-state index in [0.29, 0.717) is 29.1 Å². The van der Waals surface area contributed by atoms with Gasteiger partial charge in [0.05, 0.1) is 19.2 Å². The van der Waals surface area contributed by atoms with E-state index in [1.165, 1.54) is 0 Å². The van der Waals surface area contributed by atoms with Gasteiger partial charge in [-0.25, -0.2) is 4.98 Å². The molecule has 3 aromatic rings. The number of aryl methyl sites for hydroxylation is 3. The standard InChI is InChI=1S/C21H24N2O3/c1-6-7-26-19-13(3)10-15(11-14(19)4)20-22-16-8-12(2)9-17(25-5)18(16)21(24)23-20/h8-11H,6-7H2,1-5H3,(H,22,23,24).